The zero-order valence-corrected chi connectivity index (χ0v) is 6.86. The third-order valence-electron chi connectivity index (χ3n) is 1.16. The molecular formula is C6H10O3S. The number of carbonyl (C=O) groups is 1. The Balaban J connectivity index is 2.46. The third-order valence-corrected chi connectivity index (χ3v) is 2.26. The van der Waals surface area contributed by atoms with Gasteiger partial charge in [0.2, 0.25) is 0 Å². The van der Waals surface area contributed by atoms with Crippen molar-refractivity contribution in [2.24, 2.45) is 0 Å². The molecule has 1 aliphatic rings. The summed E-state index contributed by atoms with van der Waals surface area (Å²) in [6, 6.07) is 0. The fourth-order valence-corrected chi connectivity index (χ4v) is 1.58. The van der Waals surface area contributed by atoms with Crippen molar-refractivity contribution in [1.29, 1.82) is 0 Å². The minimum absolute atomic E-state index is 0.194. The highest BCUT2D eigenvalue weighted by Gasteiger charge is 2.37. The topological polar surface area (TPSA) is 35.5 Å². The van der Waals surface area contributed by atoms with Crippen LogP contribution in [0.25, 0.3) is 0 Å². The fourth-order valence-electron chi connectivity index (χ4n) is 0.789. The number of ether oxygens (including phenoxy) is 2. The summed E-state index contributed by atoms with van der Waals surface area (Å²) in [7, 11) is 0. The van der Waals surface area contributed by atoms with Gasteiger partial charge in [0.1, 0.15) is 0 Å². The summed E-state index contributed by atoms with van der Waals surface area (Å²) in [5.41, 5.74) is 0. The molecule has 0 spiro atoms. The lowest BCUT2D eigenvalue weighted by molar-refractivity contribution is -0.176. The average molecular weight is 162 g/mol. The van der Waals surface area contributed by atoms with E-state index >= 15 is 0 Å². The van der Waals surface area contributed by atoms with Gasteiger partial charge in [0.25, 0.3) is 5.12 Å². The Morgan fingerprint density at radius 1 is 1.90 bits per heavy atom. The lowest BCUT2D eigenvalue weighted by atomic mass is 10.7. The standard InChI is InChI=1S/C6H10O3S/c1-3-8-6(2)9-5(7)4-10-6/h3-4H2,1-2H3. The van der Waals surface area contributed by atoms with E-state index < -0.39 is 5.12 Å². The van der Waals surface area contributed by atoms with E-state index in [1.54, 1.807) is 6.92 Å². The van der Waals surface area contributed by atoms with Gasteiger partial charge in [-0.1, -0.05) is 11.8 Å². The molecule has 0 aromatic carbocycles. The number of esters is 1. The molecule has 0 saturated carbocycles. The second-order valence-corrected chi connectivity index (χ2v) is 3.38. The van der Waals surface area contributed by atoms with Gasteiger partial charge < -0.3 is 9.47 Å². The minimum Gasteiger partial charge on any atom is -0.423 e. The number of hydrogen-bond acceptors (Lipinski definition) is 4. The molecule has 1 unspecified atom stereocenters. The number of rotatable bonds is 2. The van der Waals surface area contributed by atoms with Gasteiger partial charge in [0.15, 0.2) is 0 Å². The molecule has 1 saturated heterocycles. The van der Waals surface area contributed by atoms with E-state index in [1.807, 2.05) is 6.92 Å². The van der Waals surface area contributed by atoms with Crippen LogP contribution >= 0.6 is 11.8 Å². The molecule has 1 rings (SSSR count). The summed E-state index contributed by atoms with van der Waals surface area (Å²) in [4.78, 5) is 10.6. The molecule has 0 N–H and O–H groups in total. The molecule has 1 atom stereocenters. The fraction of sp³-hybridized carbons (Fsp3) is 0.833. The van der Waals surface area contributed by atoms with Crippen LogP contribution in [0.1, 0.15) is 13.8 Å². The van der Waals surface area contributed by atoms with Crippen molar-refractivity contribution in [3.05, 3.63) is 0 Å². The molecule has 1 heterocycles. The highest BCUT2D eigenvalue weighted by Crippen LogP contribution is 2.33. The zero-order chi connectivity index (χ0) is 7.61. The number of thioether (sulfide) groups is 1. The Hall–Kier alpha value is -0.220. The van der Waals surface area contributed by atoms with E-state index in [0.29, 0.717) is 12.4 Å². The summed E-state index contributed by atoms with van der Waals surface area (Å²) >= 11 is 1.38. The normalized spacial score (nSPS) is 32.4. The Labute approximate surface area is 64.1 Å². The molecule has 58 valence electrons. The van der Waals surface area contributed by atoms with Gasteiger partial charge in [-0.25, -0.2) is 0 Å². The quantitative estimate of drug-likeness (QED) is 0.567. The summed E-state index contributed by atoms with van der Waals surface area (Å²) in [6.45, 7) is 4.20. The van der Waals surface area contributed by atoms with Gasteiger partial charge in [0, 0.05) is 13.5 Å². The summed E-state index contributed by atoms with van der Waals surface area (Å²) in [5.74, 6) is 0.206. The maximum absolute atomic E-state index is 10.6. The molecule has 0 aromatic rings. The van der Waals surface area contributed by atoms with E-state index in [-0.39, 0.29) is 5.97 Å². The Bertz CT molecular complexity index is 148. The van der Waals surface area contributed by atoms with Crippen LogP contribution in [0.15, 0.2) is 0 Å². The van der Waals surface area contributed by atoms with Gasteiger partial charge in [-0.15, -0.1) is 0 Å². The summed E-state index contributed by atoms with van der Waals surface area (Å²) in [5, 5.41) is -0.716. The van der Waals surface area contributed by atoms with Crippen LogP contribution in [0, 0.1) is 0 Å². The Morgan fingerprint density at radius 3 is 3.00 bits per heavy atom. The monoisotopic (exact) mass is 162 g/mol. The molecular weight excluding hydrogens is 152 g/mol. The van der Waals surface area contributed by atoms with E-state index in [4.69, 9.17) is 9.47 Å². The van der Waals surface area contributed by atoms with Crippen molar-refractivity contribution in [1.82, 2.24) is 0 Å². The van der Waals surface area contributed by atoms with Gasteiger partial charge >= 0.3 is 5.97 Å². The lowest BCUT2D eigenvalue weighted by Gasteiger charge is -2.20. The van der Waals surface area contributed by atoms with Crippen molar-refractivity contribution in [2.45, 2.75) is 19.0 Å². The maximum atomic E-state index is 10.6. The summed E-state index contributed by atoms with van der Waals surface area (Å²) < 4.78 is 10.1. The first-order valence-corrected chi connectivity index (χ1v) is 4.14. The molecule has 1 fully saturated rings. The zero-order valence-electron chi connectivity index (χ0n) is 6.05. The molecule has 10 heavy (non-hydrogen) atoms. The van der Waals surface area contributed by atoms with Crippen molar-refractivity contribution in [3.8, 4) is 0 Å². The van der Waals surface area contributed by atoms with Crippen LogP contribution < -0.4 is 0 Å². The second-order valence-electron chi connectivity index (χ2n) is 2.06. The molecule has 0 bridgehead atoms. The van der Waals surface area contributed by atoms with E-state index in [9.17, 15) is 4.79 Å². The van der Waals surface area contributed by atoms with E-state index in [0.717, 1.165) is 0 Å². The van der Waals surface area contributed by atoms with Crippen molar-refractivity contribution < 1.29 is 14.3 Å². The van der Waals surface area contributed by atoms with E-state index in [1.165, 1.54) is 11.8 Å². The molecule has 0 radical (unpaired) electrons. The summed E-state index contributed by atoms with van der Waals surface area (Å²) in [6.07, 6.45) is 0. The molecule has 0 amide bonds. The van der Waals surface area contributed by atoms with Gasteiger partial charge in [-0.05, 0) is 6.92 Å². The van der Waals surface area contributed by atoms with Gasteiger partial charge in [-0.2, -0.15) is 0 Å². The molecule has 1 aliphatic heterocycles. The average Bonchev–Trinajstić information content (AvgIpc) is 2.12. The highest BCUT2D eigenvalue weighted by molar-refractivity contribution is 8.01. The number of cyclic esters (lactones) is 1. The third kappa shape index (κ3) is 1.64. The Kier molecular flexibility index (Phi) is 2.21. The first-order valence-electron chi connectivity index (χ1n) is 3.16. The van der Waals surface area contributed by atoms with Gasteiger partial charge in [-0.3, -0.25) is 4.79 Å². The molecule has 0 aromatic heterocycles. The predicted molar refractivity (Wildman–Crippen MR) is 38.6 cm³/mol. The molecule has 0 aliphatic carbocycles. The van der Waals surface area contributed by atoms with Gasteiger partial charge in [0.05, 0.1) is 5.75 Å². The van der Waals surface area contributed by atoms with Crippen LogP contribution in [0.4, 0.5) is 0 Å². The smallest absolute Gasteiger partial charge is 0.319 e. The Morgan fingerprint density at radius 2 is 2.60 bits per heavy atom. The number of hydrogen-bond donors (Lipinski definition) is 0. The maximum Gasteiger partial charge on any atom is 0.319 e. The lowest BCUT2D eigenvalue weighted by Crippen LogP contribution is -2.24. The first-order chi connectivity index (χ1) is 4.66. The van der Waals surface area contributed by atoms with E-state index in [2.05, 4.69) is 0 Å². The van der Waals surface area contributed by atoms with Crippen LogP contribution in [-0.2, 0) is 14.3 Å². The minimum atomic E-state index is -0.716. The van der Waals surface area contributed by atoms with Crippen LogP contribution in [0.2, 0.25) is 0 Å². The second kappa shape index (κ2) is 2.80. The van der Waals surface area contributed by atoms with Crippen LogP contribution in [-0.4, -0.2) is 23.4 Å². The van der Waals surface area contributed by atoms with Crippen LogP contribution in [0.3, 0.4) is 0 Å². The molecule has 3 nitrogen and oxygen atoms in total. The van der Waals surface area contributed by atoms with Crippen molar-refractivity contribution in [3.63, 3.8) is 0 Å². The number of carbonyl (C=O) groups excluding carboxylic acids is 1. The van der Waals surface area contributed by atoms with Crippen molar-refractivity contribution >= 4 is 17.7 Å². The predicted octanol–water partition coefficient (Wildman–Crippen LogP) is 0.987. The largest absolute Gasteiger partial charge is 0.423 e. The molecule has 4 heteroatoms. The van der Waals surface area contributed by atoms with Crippen molar-refractivity contribution in [2.75, 3.05) is 12.4 Å². The SMILES string of the molecule is CCOC1(C)OC(=O)CS1. The highest BCUT2D eigenvalue weighted by atomic mass is 32.2. The first kappa shape index (κ1) is 7.88. The van der Waals surface area contributed by atoms with Crippen LogP contribution in [0.5, 0.6) is 0 Å².